The van der Waals surface area contributed by atoms with E-state index in [0.717, 1.165) is 6.54 Å². The van der Waals surface area contributed by atoms with E-state index in [4.69, 9.17) is 0 Å². The predicted molar refractivity (Wildman–Crippen MR) is 91.9 cm³/mol. The number of nitrogens with one attached hydrogen (secondary N) is 1. The van der Waals surface area contributed by atoms with Gasteiger partial charge in [-0.05, 0) is 51.8 Å². The maximum Gasteiger partial charge on any atom is 0.0399 e. The highest BCUT2D eigenvalue weighted by atomic mass is 32.2. The summed E-state index contributed by atoms with van der Waals surface area (Å²) in [6.07, 6.45) is 0. The first-order valence-electron chi connectivity index (χ1n) is 7.56. The zero-order chi connectivity index (χ0) is 14.8. The lowest BCUT2D eigenvalue weighted by Crippen LogP contribution is -2.40. The van der Waals surface area contributed by atoms with E-state index in [1.54, 1.807) is 0 Å². The van der Waals surface area contributed by atoms with Crippen LogP contribution in [0, 0.1) is 6.92 Å². The van der Waals surface area contributed by atoms with Gasteiger partial charge < -0.3 is 10.2 Å². The number of anilines is 1. The van der Waals surface area contributed by atoms with Crippen LogP contribution in [-0.2, 0) is 6.54 Å². The summed E-state index contributed by atoms with van der Waals surface area (Å²) in [6.45, 7) is 13.3. The van der Waals surface area contributed by atoms with Gasteiger partial charge in [0.05, 0.1) is 0 Å². The normalized spacial score (nSPS) is 20.2. The fourth-order valence-electron chi connectivity index (χ4n) is 2.60. The van der Waals surface area contributed by atoms with Gasteiger partial charge in [0.25, 0.3) is 0 Å². The Morgan fingerprint density at radius 2 is 2.10 bits per heavy atom. The first kappa shape index (κ1) is 15.7. The summed E-state index contributed by atoms with van der Waals surface area (Å²) in [4.78, 5) is 2.56. The van der Waals surface area contributed by atoms with E-state index in [2.05, 4.69) is 74.8 Å². The summed E-state index contributed by atoms with van der Waals surface area (Å²) in [6, 6.07) is 7.56. The van der Waals surface area contributed by atoms with Crippen LogP contribution in [0.25, 0.3) is 0 Å². The lowest BCUT2D eigenvalue weighted by molar-refractivity contribution is 0.424. The van der Waals surface area contributed by atoms with Crippen LogP contribution in [0.2, 0.25) is 0 Å². The minimum absolute atomic E-state index is 0.172. The van der Waals surface area contributed by atoms with Gasteiger partial charge in [-0.3, -0.25) is 0 Å². The van der Waals surface area contributed by atoms with Crippen LogP contribution in [-0.4, -0.2) is 29.6 Å². The zero-order valence-electron chi connectivity index (χ0n) is 13.5. The van der Waals surface area contributed by atoms with Gasteiger partial charge in [-0.15, -0.1) is 0 Å². The van der Waals surface area contributed by atoms with E-state index >= 15 is 0 Å². The Balaban J connectivity index is 2.09. The van der Waals surface area contributed by atoms with E-state index in [-0.39, 0.29) is 5.54 Å². The number of benzene rings is 1. The Labute approximate surface area is 128 Å². The molecular weight excluding hydrogens is 264 g/mol. The lowest BCUT2D eigenvalue weighted by atomic mass is 10.1. The monoisotopic (exact) mass is 292 g/mol. The number of hydrogen-bond acceptors (Lipinski definition) is 3. The summed E-state index contributed by atoms with van der Waals surface area (Å²) in [5, 5.41) is 3.56. The summed E-state index contributed by atoms with van der Waals surface area (Å²) >= 11 is 2.07. The highest BCUT2D eigenvalue weighted by Gasteiger charge is 2.20. The van der Waals surface area contributed by atoms with Crippen LogP contribution in [0.5, 0.6) is 0 Å². The number of aryl methyl sites for hydroxylation is 1. The molecule has 2 nitrogen and oxygen atoms in total. The molecule has 1 aliphatic rings. The second-order valence-electron chi connectivity index (χ2n) is 6.84. The maximum atomic E-state index is 3.56. The molecule has 0 aliphatic carbocycles. The molecule has 1 aromatic carbocycles. The van der Waals surface area contributed by atoms with Crippen molar-refractivity contribution >= 4 is 17.4 Å². The summed E-state index contributed by atoms with van der Waals surface area (Å²) < 4.78 is 0. The molecule has 0 bridgehead atoms. The van der Waals surface area contributed by atoms with Crippen molar-refractivity contribution in [2.24, 2.45) is 0 Å². The van der Waals surface area contributed by atoms with Crippen molar-refractivity contribution in [1.29, 1.82) is 0 Å². The molecule has 0 spiro atoms. The van der Waals surface area contributed by atoms with Crippen molar-refractivity contribution in [2.45, 2.75) is 52.7 Å². The van der Waals surface area contributed by atoms with Crippen LogP contribution in [0.3, 0.4) is 0 Å². The molecular formula is C17H28N2S. The van der Waals surface area contributed by atoms with Crippen LogP contribution in [0.1, 0.15) is 38.8 Å². The average molecular weight is 292 g/mol. The molecule has 2 rings (SSSR count). The summed E-state index contributed by atoms with van der Waals surface area (Å²) in [5.74, 6) is 2.49. The molecule has 0 aromatic heterocycles. The highest BCUT2D eigenvalue weighted by molar-refractivity contribution is 7.99. The third-order valence-electron chi connectivity index (χ3n) is 3.76. The first-order valence-corrected chi connectivity index (χ1v) is 8.71. The third-order valence-corrected chi connectivity index (χ3v) is 4.95. The van der Waals surface area contributed by atoms with Crippen LogP contribution < -0.4 is 10.2 Å². The van der Waals surface area contributed by atoms with Gasteiger partial charge in [-0.1, -0.05) is 12.1 Å². The maximum absolute atomic E-state index is 3.56. The van der Waals surface area contributed by atoms with E-state index in [0.29, 0.717) is 6.04 Å². The highest BCUT2D eigenvalue weighted by Crippen LogP contribution is 2.27. The Bertz CT molecular complexity index is 451. The van der Waals surface area contributed by atoms with Gasteiger partial charge in [0, 0.05) is 41.9 Å². The molecule has 0 radical (unpaired) electrons. The summed E-state index contributed by atoms with van der Waals surface area (Å²) in [7, 11) is 0. The van der Waals surface area contributed by atoms with Crippen molar-refractivity contribution in [2.75, 3.05) is 23.0 Å². The molecule has 1 atom stereocenters. The molecule has 1 N–H and O–H groups in total. The molecule has 1 aliphatic heterocycles. The average Bonchev–Trinajstić information content (AvgIpc) is 2.37. The lowest BCUT2D eigenvalue weighted by Gasteiger charge is -2.36. The van der Waals surface area contributed by atoms with Gasteiger partial charge in [-0.25, -0.2) is 0 Å². The molecule has 1 heterocycles. The molecule has 112 valence electrons. The van der Waals surface area contributed by atoms with Crippen LogP contribution in [0.4, 0.5) is 5.69 Å². The number of thioether (sulfide) groups is 1. The molecule has 1 aromatic rings. The van der Waals surface area contributed by atoms with Crippen LogP contribution in [0.15, 0.2) is 18.2 Å². The Hall–Kier alpha value is -0.670. The minimum atomic E-state index is 0.172. The van der Waals surface area contributed by atoms with Gasteiger partial charge >= 0.3 is 0 Å². The zero-order valence-corrected chi connectivity index (χ0v) is 14.3. The Kier molecular flexibility index (Phi) is 5.03. The van der Waals surface area contributed by atoms with E-state index in [9.17, 15) is 0 Å². The number of rotatable bonds is 3. The van der Waals surface area contributed by atoms with E-state index < -0.39 is 0 Å². The van der Waals surface area contributed by atoms with Crippen LogP contribution >= 0.6 is 11.8 Å². The van der Waals surface area contributed by atoms with Gasteiger partial charge in [0.1, 0.15) is 0 Å². The largest absolute Gasteiger partial charge is 0.367 e. The van der Waals surface area contributed by atoms with Crippen molar-refractivity contribution in [3.05, 3.63) is 29.3 Å². The van der Waals surface area contributed by atoms with Crippen molar-refractivity contribution in [3.63, 3.8) is 0 Å². The van der Waals surface area contributed by atoms with E-state index in [1.807, 2.05) is 0 Å². The second kappa shape index (κ2) is 6.40. The number of hydrogen-bond donors (Lipinski definition) is 1. The topological polar surface area (TPSA) is 15.3 Å². The fraction of sp³-hybridized carbons (Fsp3) is 0.647. The molecule has 3 heteroatoms. The predicted octanol–water partition coefficient (Wildman–Crippen LogP) is 3.82. The van der Waals surface area contributed by atoms with Gasteiger partial charge in [0.15, 0.2) is 0 Å². The van der Waals surface area contributed by atoms with Gasteiger partial charge in [0.2, 0.25) is 0 Å². The molecule has 20 heavy (non-hydrogen) atoms. The van der Waals surface area contributed by atoms with Crippen molar-refractivity contribution < 1.29 is 0 Å². The fourth-order valence-corrected chi connectivity index (χ4v) is 3.62. The molecule has 0 amide bonds. The minimum Gasteiger partial charge on any atom is -0.367 e. The Morgan fingerprint density at radius 1 is 1.35 bits per heavy atom. The van der Waals surface area contributed by atoms with E-state index in [1.165, 1.54) is 34.9 Å². The van der Waals surface area contributed by atoms with Crippen molar-refractivity contribution in [1.82, 2.24) is 5.32 Å². The number of nitrogens with zero attached hydrogens (tertiary/aromatic N) is 1. The Morgan fingerprint density at radius 3 is 2.70 bits per heavy atom. The standard InChI is InChI=1S/C17H28N2S/c1-13-10-15(11-18-17(3,4)5)6-7-16(13)19-8-9-20-12-14(19)2/h6-7,10,14,18H,8-9,11-12H2,1-5H3. The quantitative estimate of drug-likeness (QED) is 0.911. The second-order valence-corrected chi connectivity index (χ2v) is 7.99. The molecule has 1 fully saturated rings. The third kappa shape index (κ3) is 4.16. The first-order chi connectivity index (χ1) is 9.37. The molecule has 1 saturated heterocycles. The van der Waals surface area contributed by atoms with Crippen molar-refractivity contribution in [3.8, 4) is 0 Å². The smallest absolute Gasteiger partial charge is 0.0399 e. The SMILES string of the molecule is Cc1cc(CNC(C)(C)C)ccc1N1CCSCC1C. The molecule has 1 unspecified atom stereocenters. The molecule has 0 saturated carbocycles. The van der Waals surface area contributed by atoms with Gasteiger partial charge in [-0.2, -0.15) is 11.8 Å². The summed E-state index contributed by atoms with van der Waals surface area (Å²) in [5.41, 5.74) is 4.36.